The lowest BCUT2D eigenvalue weighted by Gasteiger charge is -2.08. The number of carbonyl (C=O) groups excluding carboxylic acids is 3. The standard InChI is InChI=1S/C33H19Br2Cl2N3O4S2/c1-16-2-9-22-25(12-16)45-29(27(22)36)32(42)39-21-7-3-17(4-8-21)31(41)40-38-15-18-13-19(34)6-11-24(18)44-33(43)30-28(37)23-10-5-20(35)14-26(23)46-30/h2-15H,1H3,(H,39,42)(H,40,41)/b38-15-. The number of anilines is 1. The van der Waals surface area contributed by atoms with Crippen molar-refractivity contribution >= 4 is 128 Å². The third kappa shape index (κ3) is 6.90. The van der Waals surface area contributed by atoms with Crippen molar-refractivity contribution in [1.29, 1.82) is 0 Å². The zero-order chi connectivity index (χ0) is 32.5. The maximum absolute atomic E-state index is 13.1. The molecule has 0 fully saturated rings. The third-order valence-corrected chi connectivity index (χ3v) is 11.0. The van der Waals surface area contributed by atoms with Crippen molar-refractivity contribution in [2.75, 3.05) is 5.32 Å². The minimum atomic E-state index is -0.611. The van der Waals surface area contributed by atoms with Gasteiger partial charge in [-0.1, -0.05) is 73.3 Å². The number of hydrogen-bond acceptors (Lipinski definition) is 7. The molecular weight excluding hydrogens is 797 g/mol. The molecular formula is C33H19Br2Cl2N3O4S2. The second kappa shape index (κ2) is 13.6. The number of benzene rings is 4. The molecule has 0 radical (unpaired) electrons. The molecule has 2 aromatic heterocycles. The number of rotatable bonds is 7. The van der Waals surface area contributed by atoms with Crippen molar-refractivity contribution in [1.82, 2.24) is 5.43 Å². The first kappa shape index (κ1) is 32.4. The molecule has 0 bridgehead atoms. The lowest BCUT2D eigenvalue weighted by Crippen LogP contribution is -2.18. The number of aryl methyl sites for hydroxylation is 1. The van der Waals surface area contributed by atoms with Gasteiger partial charge in [0, 0.05) is 45.9 Å². The summed E-state index contributed by atoms with van der Waals surface area (Å²) >= 11 is 22.4. The molecule has 2 amide bonds. The van der Waals surface area contributed by atoms with Gasteiger partial charge < -0.3 is 10.1 Å². The topological polar surface area (TPSA) is 96.9 Å². The minimum absolute atomic E-state index is 0.231. The second-order valence-corrected chi connectivity index (χ2v) is 14.6. The molecule has 13 heteroatoms. The van der Waals surface area contributed by atoms with E-state index in [1.165, 1.54) is 28.9 Å². The molecule has 0 atom stereocenters. The highest BCUT2D eigenvalue weighted by molar-refractivity contribution is 9.10. The maximum Gasteiger partial charge on any atom is 0.355 e. The molecule has 0 aliphatic carbocycles. The Morgan fingerprint density at radius 3 is 2.17 bits per heavy atom. The van der Waals surface area contributed by atoms with Gasteiger partial charge in [0.15, 0.2) is 0 Å². The summed E-state index contributed by atoms with van der Waals surface area (Å²) in [5.41, 5.74) is 4.81. The Bertz CT molecular complexity index is 2220. The largest absolute Gasteiger partial charge is 0.422 e. The Kier molecular flexibility index (Phi) is 9.60. The Morgan fingerprint density at radius 1 is 0.783 bits per heavy atom. The average molecular weight is 816 g/mol. The van der Waals surface area contributed by atoms with E-state index in [0.29, 0.717) is 31.7 Å². The SMILES string of the molecule is Cc1ccc2c(Cl)c(C(=O)Nc3ccc(C(=O)N/N=C\c4cc(Br)ccc4OC(=O)c4sc5cc(Br)ccc5c4Cl)cc3)sc2c1. The lowest BCUT2D eigenvalue weighted by atomic mass is 10.2. The fraction of sp³-hybridized carbons (Fsp3) is 0.0303. The van der Waals surface area contributed by atoms with Crippen LogP contribution in [0.25, 0.3) is 20.2 Å². The predicted octanol–water partition coefficient (Wildman–Crippen LogP) is 10.5. The number of hydrogen-bond donors (Lipinski definition) is 2. The Morgan fingerprint density at radius 2 is 1.41 bits per heavy atom. The van der Waals surface area contributed by atoms with Gasteiger partial charge in [0.1, 0.15) is 15.5 Å². The normalized spacial score (nSPS) is 11.3. The van der Waals surface area contributed by atoms with E-state index in [0.717, 1.165) is 34.7 Å². The minimum Gasteiger partial charge on any atom is -0.422 e. The highest BCUT2D eigenvalue weighted by Gasteiger charge is 2.21. The van der Waals surface area contributed by atoms with Crippen LogP contribution in [0.15, 0.2) is 92.9 Å². The van der Waals surface area contributed by atoms with E-state index in [-0.39, 0.29) is 16.5 Å². The molecule has 6 aromatic rings. The lowest BCUT2D eigenvalue weighted by molar-refractivity contribution is 0.0739. The summed E-state index contributed by atoms with van der Waals surface area (Å²) in [6.45, 7) is 1.98. The quantitative estimate of drug-likeness (QED) is 0.0726. The van der Waals surface area contributed by atoms with Gasteiger partial charge in [-0.2, -0.15) is 5.10 Å². The number of esters is 1. The summed E-state index contributed by atoms with van der Waals surface area (Å²) in [6.07, 6.45) is 1.37. The van der Waals surface area contributed by atoms with Gasteiger partial charge in [-0.15, -0.1) is 22.7 Å². The number of carbonyl (C=O) groups is 3. The van der Waals surface area contributed by atoms with Gasteiger partial charge >= 0.3 is 5.97 Å². The van der Waals surface area contributed by atoms with Crippen molar-refractivity contribution in [3.63, 3.8) is 0 Å². The smallest absolute Gasteiger partial charge is 0.355 e. The number of thiophene rings is 2. The number of halogens is 4. The van der Waals surface area contributed by atoms with E-state index in [1.807, 2.05) is 43.3 Å². The highest BCUT2D eigenvalue weighted by atomic mass is 79.9. The van der Waals surface area contributed by atoms with Crippen LogP contribution in [-0.2, 0) is 0 Å². The molecule has 7 nitrogen and oxygen atoms in total. The summed E-state index contributed by atoms with van der Waals surface area (Å²) in [7, 11) is 0. The van der Waals surface area contributed by atoms with Crippen LogP contribution in [0.4, 0.5) is 5.69 Å². The summed E-state index contributed by atoms with van der Waals surface area (Å²) in [5, 5.41) is 9.21. The molecule has 2 N–H and O–H groups in total. The fourth-order valence-corrected chi connectivity index (χ4v) is 8.29. The first-order valence-electron chi connectivity index (χ1n) is 13.4. The molecule has 0 saturated carbocycles. The first-order chi connectivity index (χ1) is 22.1. The summed E-state index contributed by atoms with van der Waals surface area (Å²) in [5.74, 6) is -1.19. The summed E-state index contributed by atoms with van der Waals surface area (Å²) in [6, 6.07) is 22.8. The van der Waals surface area contributed by atoms with Gasteiger partial charge in [0.05, 0.1) is 16.3 Å². The molecule has 0 saturated heterocycles. The predicted molar refractivity (Wildman–Crippen MR) is 195 cm³/mol. The zero-order valence-corrected chi connectivity index (χ0v) is 29.8. The number of ether oxygens (including phenoxy) is 1. The second-order valence-electron chi connectivity index (χ2n) is 9.93. The summed E-state index contributed by atoms with van der Waals surface area (Å²) in [4.78, 5) is 39.5. The van der Waals surface area contributed by atoms with Crippen LogP contribution in [0.1, 0.15) is 40.8 Å². The number of fused-ring (bicyclic) bond motifs is 2. The number of hydrazone groups is 1. The highest BCUT2D eigenvalue weighted by Crippen LogP contribution is 2.38. The summed E-state index contributed by atoms with van der Waals surface area (Å²) < 4.78 is 9.05. The van der Waals surface area contributed by atoms with Crippen molar-refractivity contribution < 1.29 is 19.1 Å². The molecule has 0 aliphatic rings. The molecule has 0 unspecified atom stereocenters. The fourth-order valence-electron chi connectivity index (χ4n) is 4.47. The molecule has 4 aromatic carbocycles. The van der Waals surface area contributed by atoms with Crippen molar-refractivity contribution in [3.8, 4) is 5.75 Å². The molecule has 230 valence electrons. The van der Waals surface area contributed by atoms with Crippen molar-refractivity contribution in [2.45, 2.75) is 6.92 Å². The molecule has 0 spiro atoms. The van der Waals surface area contributed by atoms with Crippen LogP contribution in [-0.4, -0.2) is 24.0 Å². The van der Waals surface area contributed by atoms with E-state index < -0.39 is 11.9 Å². The Hall–Kier alpha value is -3.58. The Balaban J connectivity index is 1.11. The van der Waals surface area contributed by atoms with E-state index in [4.69, 9.17) is 27.9 Å². The Labute approximate surface area is 297 Å². The maximum atomic E-state index is 13.1. The monoisotopic (exact) mass is 813 g/mol. The molecule has 2 heterocycles. The van der Waals surface area contributed by atoms with E-state index in [1.54, 1.807) is 42.5 Å². The van der Waals surface area contributed by atoms with E-state index in [9.17, 15) is 14.4 Å². The number of nitrogens with one attached hydrogen (secondary N) is 2. The number of nitrogens with zero attached hydrogens (tertiary/aromatic N) is 1. The van der Waals surface area contributed by atoms with Gasteiger partial charge in [0.2, 0.25) is 0 Å². The third-order valence-electron chi connectivity index (χ3n) is 6.72. The average Bonchev–Trinajstić information content (AvgIpc) is 3.53. The van der Waals surface area contributed by atoms with Crippen LogP contribution in [0.2, 0.25) is 10.0 Å². The van der Waals surface area contributed by atoms with Gasteiger partial charge in [-0.25, -0.2) is 10.2 Å². The van der Waals surface area contributed by atoms with Crippen LogP contribution >= 0.6 is 77.7 Å². The van der Waals surface area contributed by atoms with E-state index in [2.05, 4.69) is 47.7 Å². The van der Waals surface area contributed by atoms with Crippen LogP contribution in [0.3, 0.4) is 0 Å². The molecule has 6 rings (SSSR count). The first-order valence-corrected chi connectivity index (χ1v) is 17.4. The van der Waals surface area contributed by atoms with Gasteiger partial charge in [0.25, 0.3) is 11.8 Å². The molecule has 0 aliphatic heterocycles. The van der Waals surface area contributed by atoms with Crippen LogP contribution in [0.5, 0.6) is 5.75 Å². The zero-order valence-electron chi connectivity index (χ0n) is 23.5. The van der Waals surface area contributed by atoms with Crippen LogP contribution in [0, 0.1) is 6.92 Å². The van der Waals surface area contributed by atoms with Crippen molar-refractivity contribution in [2.24, 2.45) is 5.10 Å². The van der Waals surface area contributed by atoms with Gasteiger partial charge in [-0.05, 0) is 73.2 Å². The van der Waals surface area contributed by atoms with Crippen molar-refractivity contribution in [3.05, 3.63) is 124 Å². The van der Waals surface area contributed by atoms with Crippen LogP contribution < -0.4 is 15.5 Å². The van der Waals surface area contributed by atoms with Gasteiger partial charge in [-0.3, -0.25) is 9.59 Å². The van der Waals surface area contributed by atoms with E-state index >= 15 is 0 Å². The number of amides is 2. The molecule has 46 heavy (non-hydrogen) atoms.